The van der Waals surface area contributed by atoms with E-state index >= 15 is 0 Å². The number of para-hydroxylation sites is 1. The summed E-state index contributed by atoms with van der Waals surface area (Å²) in [4.78, 5) is 12.4. The Morgan fingerprint density at radius 2 is 2.05 bits per heavy atom. The molecule has 1 heterocycles. The van der Waals surface area contributed by atoms with E-state index in [-0.39, 0.29) is 5.78 Å². The fourth-order valence-corrected chi connectivity index (χ4v) is 2.44. The molecule has 2 aromatic rings. The van der Waals surface area contributed by atoms with Gasteiger partial charge in [-0.2, -0.15) is 0 Å². The fourth-order valence-electron chi connectivity index (χ4n) is 2.44. The van der Waals surface area contributed by atoms with Crippen LogP contribution < -0.4 is 5.73 Å². The zero-order chi connectivity index (χ0) is 15.1. The first-order valence-corrected chi connectivity index (χ1v) is 7.45. The number of aromatic nitrogens is 3. The van der Waals surface area contributed by atoms with Crippen molar-refractivity contribution in [3.8, 4) is 5.69 Å². The van der Waals surface area contributed by atoms with Gasteiger partial charge in [-0.25, -0.2) is 4.68 Å². The molecule has 0 amide bonds. The predicted octanol–water partition coefficient (Wildman–Crippen LogP) is 2.61. The van der Waals surface area contributed by atoms with Crippen LogP contribution >= 0.6 is 0 Å². The molecule has 1 unspecified atom stereocenters. The number of carbonyl (C=O) groups is 1. The van der Waals surface area contributed by atoms with E-state index in [9.17, 15) is 4.79 Å². The smallest absolute Gasteiger partial charge is 0.182 e. The molecule has 1 aromatic carbocycles. The van der Waals surface area contributed by atoms with E-state index in [0.29, 0.717) is 24.6 Å². The molecule has 0 aliphatic heterocycles. The maximum absolute atomic E-state index is 12.4. The van der Waals surface area contributed by atoms with Crippen molar-refractivity contribution >= 4 is 5.78 Å². The third-order valence-electron chi connectivity index (χ3n) is 3.77. The van der Waals surface area contributed by atoms with E-state index in [0.717, 1.165) is 24.9 Å². The Hall–Kier alpha value is -2.01. The van der Waals surface area contributed by atoms with Crippen LogP contribution in [-0.2, 0) is 0 Å². The molecule has 0 aliphatic rings. The Labute approximate surface area is 125 Å². The van der Waals surface area contributed by atoms with Crippen LogP contribution in [0.25, 0.3) is 5.69 Å². The summed E-state index contributed by atoms with van der Waals surface area (Å²) in [5, 5.41) is 7.89. The number of nitrogens with zero attached hydrogens (tertiary/aromatic N) is 3. The van der Waals surface area contributed by atoms with E-state index in [1.165, 1.54) is 0 Å². The molecular formula is C16H22N4O. The van der Waals surface area contributed by atoms with Gasteiger partial charge in [-0.05, 0) is 37.4 Å². The van der Waals surface area contributed by atoms with Crippen LogP contribution in [0, 0.1) is 5.92 Å². The molecule has 1 atom stereocenters. The Balaban J connectivity index is 2.06. The first kappa shape index (κ1) is 15.4. The van der Waals surface area contributed by atoms with Crippen LogP contribution in [0.15, 0.2) is 36.5 Å². The van der Waals surface area contributed by atoms with Crippen LogP contribution in [0.5, 0.6) is 0 Å². The van der Waals surface area contributed by atoms with Gasteiger partial charge in [0.25, 0.3) is 0 Å². The topological polar surface area (TPSA) is 73.8 Å². The average molecular weight is 286 g/mol. The summed E-state index contributed by atoms with van der Waals surface area (Å²) < 4.78 is 1.60. The minimum atomic E-state index is 0.0827. The number of benzene rings is 1. The lowest BCUT2D eigenvalue weighted by Gasteiger charge is -2.12. The average Bonchev–Trinajstić information content (AvgIpc) is 3.01. The Morgan fingerprint density at radius 1 is 1.29 bits per heavy atom. The van der Waals surface area contributed by atoms with Crippen molar-refractivity contribution in [1.82, 2.24) is 15.0 Å². The predicted molar refractivity (Wildman–Crippen MR) is 82.4 cm³/mol. The second-order valence-corrected chi connectivity index (χ2v) is 5.18. The molecule has 2 rings (SSSR count). The largest absolute Gasteiger partial charge is 0.330 e. The summed E-state index contributed by atoms with van der Waals surface area (Å²) in [6.07, 6.45) is 4.95. The highest BCUT2D eigenvalue weighted by molar-refractivity contribution is 5.94. The standard InChI is InChI=1S/C16H22N4O/c1-2-13(10-11-17)8-9-16(21)15-12-18-19-20(15)14-6-4-3-5-7-14/h3-7,12-13H,2,8-11,17H2,1H3. The first-order valence-electron chi connectivity index (χ1n) is 7.45. The van der Waals surface area contributed by atoms with Crippen molar-refractivity contribution in [3.63, 3.8) is 0 Å². The van der Waals surface area contributed by atoms with Crippen LogP contribution in [-0.4, -0.2) is 27.3 Å². The minimum absolute atomic E-state index is 0.0827. The van der Waals surface area contributed by atoms with Crippen LogP contribution in [0.4, 0.5) is 0 Å². The van der Waals surface area contributed by atoms with E-state index in [2.05, 4.69) is 17.2 Å². The summed E-state index contributed by atoms with van der Waals surface area (Å²) in [6, 6.07) is 9.59. The molecular weight excluding hydrogens is 264 g/mol. The highest BCUT2D eigenvalue weighted by Crippen LogP contribution is 2.17. The molecule has 0 saturated carbocycles. The number of nitrogens with two attached hydrogens (primary N) is 1. The van der Waals surface area contributed by atoms with Crippen LogP contribution in [0.2, 0.25) is 0 Å². The molecule has 0 bridgehead atoms. The van der Waals surface area contributed by atoms with Crippen molar-refractivity contribution in [2.75, 3.05) is 6.54 Å². The summed E-state index contributed by atoms with van der Waals surface area (Å²) in [5.74, 6) is 0.597. The van der Waals surface area contributed by atoms with E-state index in [1.807, 2.05) is 30.3 Å². The summed E-state index contributed by atoms with van der Waals surface area (Å²) >= 11 is 0. The zero-order valence-electron chi connectivity index (χ0n) is 12.4. The molecule has 21 heavy (non-hydrogen) atoms. The SMILES string of the molecule is CCC(CCN)CCC(=O)c1cnnn1-c1ccccc1. The fraction of sp³-hybridized carbons (Fsp3) is 0.438. The quantitative estimate of drug-likeness (QED) is 0.757. The molecule has 0 radical (unpaired) electrons. The second-order valence-electron chi connectivity index (χ2n) is 5.18. The lowest BCUT2D eigenvalue weighted by Crippen LogP contribution is -2.12. The number of Topliss-reactive ketones (excluding diaryl/α,β-unsaturated/α-hetero) is 1. The summed E-state index contributed by atoms with van der Waals surface area (Å²) in [5.41, 5.74) is 7.00. The highest BCUT2D eigenvalue weighted by atomic mass is 16.1. The number of carbonyl (C=O) groups excluding carboxylic acids is 1. The third kappa shape index (κ3) is 3.98. The van der Waals surface area contributed by atoms with Gasteiger partial charge in [-0.15, -0.1) is 5.10 Å². The van der Waals surface area contributed by atoms with E-state index in [1.54, 1.807) is 10.9 Å². The Bertz CT molecular complexity index is 565. The van der Waals surface area contributed by atoms with Gasteiger partial charge in [0, 0.05) is 6.42 Å². The molecule has 5 nitrogen and oxygen atoms in total. The van der Waals surface area contributed by atoms with Gasteiger partial charge in [0.05, 0.1) is 11.9 Å². The van der Waals surface area contributed by atoms with Crippen molar-refractivity contribution in [3.05, 3.63) is 42.2 Å². The van der Waals surface area contributed by atoms with Gasteiger partial charge in [0.2, 0.25) is 0 Å². The van der Waals surface area contributed by atoms with Gasteiger partial charge >= 0.3 is 0 Å². The second kappa shape index (κ2) is 7.69. The van der Waals surface area contributed by atoms with Gasteiger partial charge in [-0.1, -0.05) is 36.8 Å². The number of hydrogen-bond donors (Lipinski definition) is 1. The number of hydrogen-bond acceptors (Lipinski definition) is 4. The normalized spacial score (nSPS) is 12.3. The number of rotatable bonds is 8. The third-order valence-corrected chi connectivity index (χ3v) is 3.77. The maximum atomic E-state index is 12.4. The van der Waals surface area contributed by atoms with Crippen molar-refractivity contribution < 1.29 is 4.79 Å². The van der Waals surface area contributed by atoms with Crippen LogP contribution in [0.1, 0.15) is 43.1 Å². The minimum Gasteiger partial charge on any atom is -0.330 e. The van der Waals surface area contributed by atoms with Gasteiger partial charge in [0.15, 0.2) is 5.78 Å². The van der Waals surface area contributed by atoms with Crippen LogP contribution in [0.3, 0.4) is 0 Å². The molecule has 0 saturated heterocycles. The van der Waals surface area contributed by atoms with E-state index in [4.69, 9.17) is 5.73 Å². The van der Waals surface area contributed by atoms with Gasteiger partial charge in [-0.3, -0.25) is 4.79 Å². The van der Waals surface area contributed by atoms with Gasteiger partial charge in [0.1, 0.15) is 5.69 Å². The van der Waals surface area contributed by atoms with Crippen molar-refractivity contribution in [2.45, 2.75) is 32.6 Å². The molecule has 0 spiro atoms. The monoisotopic (exact) mass is 286 g/mol. The van der Waals surface area contributed by atoms with Crippen molar-refractivity contribution in [2.24, 2.45) is 11.7 Å². The zero-order valence-corrected chi connectivity index (χ0v) is 12.4. The molecule has 0 aliphatic carbocycles. The highest BCUT2D eigenvalue weighted by Gasteiger charge is 2.16. The van der Waals surface area contributed by atoms with Gasteiger partial charge < -0.3 is 5.73 Å². The Morgan fingerprint density at radius 3 is 2.71 bits per heavy atom. The molecule has 0 fully saturated rings. The van der Waals surface area contributed by atoms with E-state index < -0.39 is 0 Å². The van der Waals surface area contributed by atoms with Crippen molar-refractivity contribution in [1.29, 1.82) is 0 Å². The summed E-state index contributed by atoms with van der Waals surface area (Å²) in [7, 11) is 0. The Kier molecular flexibility index (Phi) is 5.63. The molecule has 112 valence electrons. The lowest BCUT2D eigenvalue weighted by atomic mass is 9.95. The molecule has 2 N–H and O–H groups in total. The molecule has 1 aromatic heterocycles. The molecule has 5 heteroatoms. The maximum Gasteiger partial charge on any atom is 0.182 e. The number of ketones is 1. The first-order chi connectivity index (χ1) is 10.3. The lowest BCUT2D eigenvalue weighted by molar-refractivity contribution is 0.0965. The summed E-state index contributed by atoms with van der Waals surface area (Å²) in [6.45, 7) is 2.82.